The number of benzene rings is 2. The summed E-state index contributed by atoms with van der Waals surface area (Å²) in [5.74, 6) is 0.896. The molecule has 0 heterocycles. The van der Waals surface area contributed by atoms with Crippen LogP contribution in [0.15, 0.2) is 48.5 Å². The normalized spacial score (nSPS) is 19.4. The van der Waals surface area contributed by atoms with E-state index in [1.165, 1.54) is 44.2 Å². The van der Waals surface area contributed by atoms with Crippen LogP contribution >= 0.6 is 0 Å². The van der Waals surface area contributed by atoms with Gasteiger partial charge in [-0.25, -0.2) is 0 Å². The van der Waals surface area contributed by atoms with E-state index in [1.807, 2.05) is 24.3 Å². The predicted molar refractivity (Wildman–Crippen MR) is 101 cm³/mol. The molecule has 0 saturated heterocycles. The zero-order valence-corrected chi connectivity index (χ0v) is 14.7. The fraction of sp³-hybridized carbons (Fsp3) is 0.333. The molecular formula is C21H24N2O2. The average Bonchev–Trinajstić information content (AvgIpc) is 3.05. The molecular weight excluding hydrogens is 312 g/mol. The first-order valence-electron chi connectivity index (χ1n) is 8.78. The van der Waals surface area contributed by atoms with Crippen molar-refractivity contribution < 1.29 is 9.59 Å². The standard InChI is InChI=1S/C21H24N2O2/c1-14(24)22-18-10-6-16(7-11-18)20-4-3-5-21(20)17-8-12-19(13-9-17)23-15(2)25/h6-13,20-21H,3-5H2,1-2H3,(H,22,24)(H,23,25)/t20-,21?/m0/s1. The molecule has 130 valence electrons. The van der Waals surface area contributed by atoms with E-state index < -0.39 is 0 Å². The summed E-state index contributed by atoms with van der Waals surface area (Å²) in [5, 5.41) is 5.63. The summed E-state index contributed by atoms with van der Waals surface area (Å²) in [6.07, 6.45) is 3.57. The van der Waals surface area contributed by atoms with Crippen molar-refractivity contribution in [2.45, 2.75) is 44.9 Å². The van der Waals surface area contributed by atoms with Crippen molar-refractivity contribution in [2.75, 3.05) is 10.6 Å². The minimum Gasteiger partial charge on any atom is -0.326 e. The number of anilines is 2. The summed E-state index contributed by atoms with van der Waals surface area (Å²) in [5.41, 5.74) is 4.32. The van der Waals surface area contributed by atoms with Crippen LogP contribution < -0.4 is 10.6 Å². The number of nitrogens with one attached hydrogen (secondary N) is 2. The lowest BCUT2D eigenvalue weighted by Gasteiger charge is -2.21. The van der Waals surface area contributed by atoms with E-state index in [2.05, 4.69) is 34.9 Å². The number of hydrogen-bond donors (Lipinski definition) is 2. The summed E-state index contributed by atoms with van der Waals surface area (Å²) in [7, 11) is 0. The lowest BCUT2D eigenvalue weighted by molar-refractivity contribution is -0.115. The molecule has 0 spiro atoms. The zero-order valence-electron chi connectivity index (χ0n) is 14.7. The molecule has 25 heavy (non-hydrogen) atoms. The summed E-state index contributed by atoms with van der Waals surface area (Å²) in [6.45, 7) is 3.04. The maximum Gasteiger partial charge on any atom is 0.221 e. The van der Waals surface area contributed by atoms with Crippen molar-refractivity contribution in [1.29, 1.82) is 0 Å². The van der Waals surface area contributed by atoms with Crippen LogP contribution in [0.4, 0.5) is 11.4 Å². The Morgan fingerprint density at radius 1 is 0.720 bits per heavy atom. The molecule has 2 atom stereocenters. The highest BCUT2D eigenvalue weighted by molar-refractivity contribution is 5.89. The van der Waals surface area contributed by atoms with E-state index in [0.717, 1.165) is 11.4 Å². The Hall–Kier alpha value is -2.62. The fourth-order valence-electron chi connectivity index (χ4n) is 3.79. The van der Waals surface area contributed by atoms with E-state index in [1.54, 1.807) is 0 Å². The summed E-state index contributed by atoms with van der Waals surface area (Å²) >= 11 is 0. The zero-order chi connectivity index (χ0) is 17.8. The molecule has 1 fully saturated rings. The molecule has 4 nitrogen and oxygen atoms in total. The first-order valence-corrected chi connectivity index (χ1v) is 8.78. The maximum absolute atomic E-state index is 11.1. The SMILES string of the molecule is CC(=O)Nc1ccc(C2CCC[C@H]2c2ccc(NC(C)=O)cc2)cc1. The monoisotopic (exact) mass is 336 g/mol. The molecule has 2 aromatic rings. The second-order valence-electron chi connectivity index (χ2n) is 6.75. The number of hydrogen-bond acceptors (Lipinski definition) is 2. The van der Waals surface area contributed by atoms with Gasteiger partial charge in [0.05, 0.1) is 0 Å². The molecule has 2 amide bonds. The molecule has 1 aliphatic rings. The van der Waals surface area contributed by atoms with Crippen molar-refractivity contribution >= 4 is 23.2 Å². The molecule has 1 unspecified atom stereocenters. The van der Waals surface area contributed by atoms with Gasteiger partial charge in [-0.1, -0.05) is 30.7 Å². The fourth-order valence-corrected chi connectivity index (χ4v) is 3.79. The van der Waals surface area contributed by atoms with Gasteiger partial charge >= 0.3 is 0 Å². The van der Waals surface area contributed by atoms with E-state index >= 15 is 0 Å². The molecule has 0 aromatic heterocycles. The molecule has 0 bridgehead atoms. The summed E-state index contributed by atoms with van der Waals surface area (Å²) < 4.78 is 0. The van der Waals surface area contributed by atoms with Gasteiger partial charge in [0.2, 0.25) is 11.8 Å². The van der Waals surface area contributed by atoms with Crippen molar-refractivity contribution in [2.24, 2.45) is 0 Å². The van der Waals surface area contributed by atoms with Gasteiger partial charge in [-0.05, 0) is 60.1 Å². The Morgan fingerprint density at radius 3 is 1.40 bits per heavy atom. The Labute approximate surface area is 148 Å². The van der Waals surface area contributed by atoms with Crippen LogP contribution in [0.5, 0.6) is 0 Å². The third kappa shape index (κ3) is 4.27. The van der Waals surface area contributed by atoms with Gasteiger partial charge in [0.1, 0.15) is 0 Å². The largest absolute Gasteiger partial charge is 0.326 e. The molecule has 1 saturated carbocycles. The molecule has 0 aliphatic heterocycles. The van der Waals surface area contributed by atoms with Crippen LogP contribution in [0.25, 0.3) is 0 Å². The van der Waals surface area contributed by atoms with Crippen molar-refractivity contribution in [3.63, 3.8) is 0 Å². The first kappa shape index (κ1) is 17.2. The molecule has 3 rings (SSSR count). The predicted octanol–water partition coefficient (Wildman–Crippen LogP) is 4.65. The van der Waals surface area contributed by atoms with Crippen LogP contribution in [-0.4, -0.2) is 11.8 Å². The molecule has 0 radical (unpaired) electrons. The van der Waals surface area contributed by atoms with Crippen molar-refractivity contribution in [3.8, 4) is 0 Å². The number of amides is 2. The van der Waals surface area contributed by atoms with E-state index in [0.29, 0.717) is 11.8 Å². The highest BCUT2D eigenvalue weighted by Gasteiger charge is 2.29. The second-order valence-corrected chi connectivity index (χ2v) is 6.75. The highest BCUT2D eigenvalue weighted by atomic mass is 16.2. The average molecular weight is 336 g/mol. The van der Waals surface area contributed by atoms with E-state index in [-0.39, 0.29) is 11.8 Å². The minimum atomic E-state index is -0.0502. The van der Waals surface area contributed by atoms with E-state index in [4.69, 9.17) is 0 Å². The smallest absolute Gasteiger partial charge is 0.221 e. The van der Waals surface area contributed by atoms with Gasteiger partial charge < -0.3 is 10.6 Å². The summed E-state index contributed by atoms with van der Waals surface area (Å²) in [4.78, 5) is 22.3. The van der Waals surface area contributed by atoms with Crippen LogP contribution in [-0.2, 0) is 9.59 Å². The lowest BCUT2D eigenvalue weighted by atomic mass is 9.84. The van der Waals surface area contributed by atoms with Crippen LogP contribution in [0, 0.1) is 0 Å². The Bertz CT molecular complexity index is 685. The van der Waals surface area contributed by atoms with Crippen LogP contribution in [0.3, 0.4) is 0 Å². The number of carbonyl (C=O) groups excluding carboxylic acids is 2. The number of carbonyl (C=O) groups is 2. The van der Waals surface area contributed by atoms with Gasteiger partial charge in [0, 0.05) is 25.2 Å². The highest BCUT2D eigenvalue weighted by Crippen LogP contribution is 2.46. The second kappa shape index (κ2) is 7.51. The molecule has 1 aliphatic carbocycles. The van der Waals surface area contributed by atoms with Crippen molar-refractivity contribution in [1.82, 2.24) is 0 Å². The molecule has 2 N–H and O–H groups in total. The third-order valence-corrected chi connectivity index (χ3v) is 4.83. The topological polar surface area (TPSA) is 58.2 Å². The molecule has 2 aromatic carbocycles. The van der Waals surface area contributed by atoms with Crippen molar-refractivity contribution in [3.05, 3.63) is 59.7 Å². The quantitative estimate of drug-likeness (QED) is 0.853. The third-order valence-electron chi connectivity index (χ3n) is 4.83. The molecule has 4 heteroatoms. The minimum absolute atomic E-state index is 0.0502. The number of rotatable bonds is 4. The Morgan fingerprint density at radius 2 is 1.08 bits per heavy atom. The Kier molecular flexibility index (Phi) is 5.17. The lowest BCUT2D eigenvalue weighted by Crippen LogP contribution is -2.08. The van der Waals surface area contributed by atoms with Gasteiger partial charge in [-0.15, -0.1) is 0 Å². The van der Waals surface area contributed by atoms with Gasteiger partial charge in [-0.3, -0.25) is 9.59 Å². The van der Waals surface area contributed by atoms with E-state index in [9.17, 15) is 9.59 Å². The maximum atomic E-state index is 11.1. The van der Waals surface area contributed by atoms with Crippen LogP contribution in [0.2, 0.25) is 0 Å². The Balaban J connectivity index is 1.75. The van der Waals surface area contributed by atoms with Crippen LogP contribution in [0.1, 0.15) is 56.1 Å². The van der Waals surface area contributed by atoms with Gasteiger partial charge in [0.15, 0.2) is 0 Å². The van der Waals surface area contributed by atoms with Gasteiger partial charge in [0.25, 0.3) is 0 Å². The van der Waals surface area contributed by atoms with Gasteiger partial charge in [-0.2, -0.15) is 0 Å². The first-order chi connectivity index (χ1) is 12.0. The summed E-state index contributed by atoms with van der Waals surface area (Å²) in [6, 6.07) is 16.4.